The third-order valence-corrected chi connectivity index (χ3v) is 4.90. The van der Waals surface area contributed by atoms with Crippen LogP contribution >= 0.6 is 11.3 Å². The van der Waals surface area contributed by atoms with Crippen LogP contribution in [0.4, 0.5) is 5.69 Å². The number of carbonyl (C=O) groups excluding carboxylic acids is 3. The number of anilines is 1. The fourth-order valence-electron chi connectivity index (χ4n) is 2.26. The molecule has 1 aromatic heterocycles. The van der Waals surface area contributed by atoms with E-state index in [1.54, 1.807) is 30.3 Å². The van der Waals surface area contributed by atoms with E-state index in [2.05, 4.69) is 16.2 Å². The molecule has 2 aromatic rings. The Labute approximate surface area is 156 Å². The fraction of sp³-hybridized carbons (Fsp3) is 0.211. The lowest BCUT2D eigenvalue weighted by atomic mass is 10.2. The van der Waals surface area contributed by atoms with Crippen molar-refractivity contribution in [1.29, 1.82) is 0 Å². The van der Waals surface area contributed by atoms with Gasteiger partial charge in [0.1, 0.15) is 0 Å². The molecule has 0 saturated heterocycles. The number of thiophene rings is 1. The number of hydrogen-bond donors (Lipinski definition) is 3. The van der Waals surface area contributed by atoms with E-state index in [1.165, 1.54) is 24.3 Å². The highest BCUT2D eigenvalue weighted by Crippen LogP contribution is 2.21. The Morgan fingerprint density at radius 2 is 1.81 bits per heavy atom. The van der Waals surface area contributed by atoms with Gasteiger partial charge in [0, 0.05) is 23.6 Å². The minimum absolute atomic E-state index is 0.143. The Balaban J connectivity index is 1.86. The summed E-state index contributed by atoms with van der Waals surface area (Å²) in [4.78, 5) is 36.6. The Morgan fingerprint density at radius 1 is 1.12 bits per heavy atom. The summed E-state index contributed by atoms with van der Waals surface area (Å²) in [7, 11) is 0. The topological polar surface area (TPSA) is 87.3 Å². The zero-order valence-electron chi connectivity index (χ0n) is 14.9. The van der Waals surface area contributed by atoms with Crippen LogP contribution in [0.25, 0.3) is 6.08 Å². The Bertz CT molecular complexity index is 838. The summed E-state index contributed by atoms with van der Waals surface area (Å²) < 4.78 is 0. The first kappa shape index (κ1) is 19.4. The molecular formula is C19H21N3O3S. The molecule has 0 radical (unpaired) electrons. The van der Waals surface area contributed by atoms with E-state index in [0.29, 0.717) is 10.6 Å². The molecule has 3 amide bonds. The molecule has 0 spiro atoms. The summed E-state index contributed by atoms with van der Waals surface area (Å²) in [6.45, 7) is 5.44. The standard InChI is InChI=1S/C19H21N3O3S/c1-4-16-12(2)11-17(26-16)19(25)22-21-18(24)10-7-14-5-8-15(9-6-14)20-13(3)23/h5-11H,4H2,1-3H3,(H,20,23)(H,21,24)(H,22,25)/b10-7+. The van der Waals surface area contributed by atoms with Crippen LogP contribution in [0.2, 0.25) is 0 Å². The number of hydrogen-bond acceptors (Lipinski definition) is 4. The monoisotopic (exact) mass is 371 g/mol. The fourth-order valence-corrected chi connectivity index (χ4v) is 3.27. The minimum atomic E-state index is -0.437. The summed E-state index contributed by atoms with van der Waals surface area (Å²) in [5.41, 5.74) is 7.32. The maximum atomic E-state index is 12.1. The lowest BCUT2D eigenvalue weighted by molar-refractivity contribution is -0.117. The predicted molar refractivity (Wildman–Crippen MR) is 104 cm³/mol. The molecule has 0 unspecified atom stereocenters. The van der Waals surface area contributed by atoms with Gasteiger partial charge >= 0.3 is 0 Å². The molecule has 0 bridgehead atoms. The molecule has 0 atom stereocenters. The predicted octanol–water partition coefficient (Wildman–Crippen LogP) is 3.05. The van der Waals surface area contributed by atoms with Crippen molar-refractivity contribution < 1.29 is 14.4 Å². The van der Waals surface area contributed by atoms with E-state index >= 15 is 0 Å². The zero-order valence-corrected chi connectivity index (χ0v) is 15.7. The van der Waals surface area contributed by atoms with Crippen molar-refractivity contribution in [2.45, 2.75) is 27.2 Å². The van der Waals surface area contributed by atoms with Crippen molar-refractivity contribution in [3.63, 3.8) is 0 Å². The van der Waals surface area contributed by atoms with Crippen molar-refractivity contribution in [3.8, 4) is 0 Å². The van der Waals surface area contributed by atoms with Crippen molar-refractivity contribution in [1.82, 2.24) is 10.9 Å². The Hall–Kier alpha value is -2.93. The Kier molecular flexibility index (Phi) is 6.68. The lowest BCUT2D eigenvalue weighted by Gasteiger charge is -2.03. The van der Waals surface area contributed by atoms with Gasteiger partial charge in [0.2, 0.25) is 5.91 Å². The molecular weight excluding hydrogens is 350 g/mol. The van der Waals surface area contributed by atoms with E-state index in [9.17, 15) is 14.4 Å². The summed E-state index contributed by atoms with van der Waals surface area (Å²) in [5, 5.41) is 2.67. The summed E-state index contributed by atoms with van der Waals surface area (Å²) in [6, 6.07) is 8.84. The summed E-state index contributed by atoms with van der Waals surface area (Å²) in [6.07, 6.45) is 3.81. The van der Waals surface area contributed by atoms with Crippen LogP contribution < -0.4 is 16.2 Å². The van der Waals surface area contributed by atoms with Gasteiger partial charge in [0.15, 0.2) is 0 Å². The third-order valence-electron chi connectivity index (χ3n) is 3.52. The molecule has 26 heavy (non-hydrogen) atoms. The van der Waals surface area contributed by atoms with E-state index < -0.39 is 5.91 Å². The number of rotatable bonds is 5. The van der Waals surface area contributed by atoms with Crippen LogP contribution in [-0.2, 0) is 16.0 Å². The minimum Gasteiger partial charge on any atom is -0.326 e. The van der Waals surface area contributed by atoms with Gasteiger partial charge in [-0.05, 0) is 48.7 Å². The van der Waals surface area contributed by atoms with E-state index in [4.69, 9.17) is 0 Å². The van der Waals surface area contributed by atoms with Crippen molar-refractivity contribution in [2.75, 3.05) is 5.32 Å². The highest BCUT2D eigenvalue weighted by molar-refractivity contribution is 7.14. The quantitative estimate of drug-likeness (QED) is 0.558. The Morgan fingerprint density at radius 3 is 2.38 bits per heavy atom. The van der Waals surface area contributed by atoms with Crippen LogP contribution in [0.5, 0.6) is 0 Å². The molecule has 7 heteroatoms. The molecule has 1 heterocycles. The van der Waals surface area contributed by atoms with E-state index in [0.717, 1.165) is 22.4 Å². The molecule has 0 aliphatic rings. The van der Waals surface area contributed by atoms with Crippen molar-refractivity contribution >= 4 is 40.8 Å². The van der Waals surface area contributed by atoms with Gasteiger partial charge in [-0.3, -0.25) is 25.2 Å². The summed E-state index contributed by atoms with van der Waals surface area (Å²) in [5.74, 6) is -0.914. The van der Waals surface area contributed by atoms with E-state index in [-0.39, 0.29) is 11.8 Å². The SMILES string of the molecule is CCc1sc(C(=O)NNC(=O)/C=C/c2ccc(NC(C)=O)cc2)cc1C. The highest BCUT2D eigenvalue weighted by Gasteiger charge is 2.11. The van der Waals surface area contributed by atoms with Gasteiger partial charge in [-0.25, -0.2) is 0 Å². The van der Waals surface area contributed by atoms with Gasteiger partial charge in [0.25, 0.3) is 11.8 Å². The first-order chi connectivity index (χ1) is 12.4. The third kappa shape index (κ3) is 5.56. The molecule has 136 valence electrons. The van der Waals surface area contributed by atoms with Crippen molar-refractivity contribution in [2.24, 2.45) is 0 Å². The summed E-state index contributed by atoms with van der Waals surface area (Å²) >= 11 is 1.42. The molecule has 0 fully saturated rings. The van der Waals surface area contributed by atoms with Crippen LogP contribution in [0.15, 0.2) is 36.4 Å². The molecule has 0 saturated carbocycles. The number of amides is 3. The van der Waals surface area contributed by atoms with Gasteiger partial charge in [-0.2, -0.15) is 0 Å². The molecule has 1 aromatic carbocycles. The highest BCUT2D eigenvalue weighted by atomic mass is 32.1. The van der Waals surface area contributed by atoms with Crippen LogP contribution in [0.3, 0.4) is 0 Å². The van der Waals surface area contributed by atoms with Gasteiger partial charge < -0.3 is 5.32 Å². The van der Waals surface area contributed by atoms with Gasteiger partial charge in [-0.15, -0.1) is 11.3 Å². The van der Waals surface area contributed by atoms with Crippen LogP contribution in [0, 0.1) is 6.92 Å². The number of benzene rings is 1. The molecule has 3 N–H and O–H groups in total. The largest absolute Gasteiger partial charge is 0.326 e. The zero-order chi connectivity index (χ0) is 19.1. The molecule has 6 nitrogen and oxygen atoms in total. The number of nitrogens with one attached hydrogen (secondary N) is 3. The molecule has 0 aliphatic heterocycles. The second-order valence-corrected chi connectivity index (χ2v) is 6.79. The molecule has 0 aliphatic carbocycles. The first-order valence-electron chi connectivity index (χ1n) is 8.14. The van der Waals surface area contributed by atoms with Crippen LogP contribution in [0.1, 0.15) is 39.5 Å². The number of hydrazine groups is 1. The van der Waals surface area contributed by atoms with E-state index in [1.807, 2.05) is 19.9 Å². The second-order valence-electron chi connectivity index (χ2n) is 5.65. The van der Waals surface area contributed by atoms with Gasteiger partial charge in [-0.1, -0.05) is 19.1 Å². The van der Waals surface area contributed by atoms with Gasteiger partial charge in [0.05, 0.1) is 4.88 Å². The van der Waals surface area contributed by atoms with Crippen molar-refractivity contribution in [3.05, 3.63) is 57.3 Å². The second kappa shape index (κ2) is 8.96. The number of aryl methyl sites for hydroxylation is 2. The smallest absolute Gasteiger partial charge is 0.279 e. The van der Waals surface area contributed by atoms with Crippen LogP contribution in [-0.4, -0.2) is 17.7 Å². The average molecular weight is 371 g/mol. The molecule has 2 rings (SSSR count). The maximum Gasteiger partial charge on any atom is 0.279 e. The lowest BCUT2D eigenvalue weighted by Crippen LogP contribution is -2.40. The number of carbonyl (C=O) groups is 3. The average Bonchev–Trinajstić information content (AvgIpc) is 2.99. The maximum absolute atomic E-state index is 12.1. The first-order valence-corrected chi connectivity index (χ1v) is 8.96. The normalized spacial score (nSPS) is 10.6.